The minimum absolute atomic E-state index is 0.00812. The second-order valence-electron chi connectivity index (χ2n) is 8.28. The topological polar surface area (TPSA) is 76.2 Å². The number of nitrogens with zero attached hydrogens (tertiary/aromatic N) is 2. The normalized spacial score (nSPS) is 37.7. The Morgan fingerprint density at radius 3 is 2.88 bits per heavy atom. The van der Waals surface area contributed by atoms with Gasteiger partial charge >= 0.3 is 0 Å². The Bertz CT molecular complexity index is 827. The lowest BCUT2D eigenvalue weighted by Crippen LogP contribution is -2.60. The fraction of sp³-hybridized carbons (Fsp3) is 0.571. The molecule has 3 aliphatic rings. The van der Waals surface area contributed by atoms with Crippen LogP contribution in [0.5, 0.6) is 5.75 Å². The molecule has 0 aromatic heterocycles. The Hall–Kier alpha value is -2.35. The summed E-state index contributed by atoms with van der Waals surface area (Å²) in [6.45, 7) is 2.18. The number of aryl methyl sites for hydroxylation is 1. The largest absolute Gasteiger partial charge is 0.497 e. The standard InChI is InChI=1S/C21H24N2O3/c1-20-10-4-3-5-17(20)18(23(24)25)12-21(13-22)16-8-7-15(26-2)11-14(16)6-9-19(20)21/h3-4,7-8,11,17-19H,5-6,9-10,12H2,1-2H3/t17-,18+,19-,20+,21+/m1/s1. The number of benzene rings is 1. The molecular formula is C21H24N2O3. The number of methoxy groups -OCH3 is 1. The van der Waals surface area contributed by atoms with E-state index >= 15 is 0 Å². The van der Waals surface area contributed by atoms with Gasteiger partial charge in [-0.05, 0) is 60.3 Å². The van der Waals surface area contributed by atoms with Crippen LogP contribution in [0.15, 0.2) is 30.4 Å². The third kappa shape index (κ3) is 2.14. The fourth-order valence-electron chi connectivity index (χ4n) is 6.09. The number of rotatable bonds is 2. The summed E-state index contributed by atoms with van der Waals surface area (Å²) in [5.74, 6) is 0.933. The summed E-state index contributed by atoms with van der Waals surface area (Å²) >= 11 is 0. The van der Waals surface area contributed by atoms with Gasteiger partial charge in [-0.3, -0.25) is 10.1 Å². The third-order valence-corrected chi connectivity index (χ3v) is 7.31. The minimum Gasteiger partial charge on any atom is -0.497 e. The highest BCUT2D eigenvalue weighted by Gasteiger charge is 2.64. The molecule has 5 heteroatoms. The van der Waals surface area contributed by atoms with Gasteiger partial charge in [0, 0.05) is 17.3 Å². The van der Waals surface area contributed by atoms with Crippen LogP contribution < -0.4 is 4.74 Å². The summed E-state index contributed by atoms with van der Waals surface area (Å²) < 4.78 is 5.35. The second-order valence-corrected chi connectivity index (χ2v) is 8.28. The van der Waals surface area contributed by atoms with E-state index < -0.39 is 11.5 Å². The molecule has 3 aliphatic carbocycles. The maximum absolute atomic E-state index is 11.9. The molecule has 0 amide bonds. The van der Waals surface area contributed by atoms with Gasteiger partial charge < -0.3 is 4.74 Å². The molecule has 1 fully saturated rings. The summed E-state index contributed by atoms with van der Waals surface area (Å²) in [5.41, 5.74) is 1.10. The lowest BCUT2D eigenvalue weighted by Gasteiger charge is -2.58. The molecule has 1 aromatic carbocycles. The van der Waals surface area contributed by atoms with Crippen LogP contribution in [0.25, 0.3) is 0 Å². The smallest absolute Gasteiger partial charge is 0.218 e. The average molecular weight is 352 g/mol. The summed E-state index contributed by atoms with van der Waals surface area (Å²) in [4.78, 5) is 11.8. The number of fused-ring (bicyclic) bond motifs is 5. The molecular weight excluding hydrogens is 328 g/mol. The van der Waals surface area contributed by atoms with Crippen LogP contribution >= 0.6 is 0 Å². The first kappa shape index (κ1) is 17.1. The molecule has 136 valence electrons. The predicted molar refractivity (Wildman–Crippen MR) is 97.5 cm³/mol. The zero-order valence-electron chi connectivity index (χ0n) is 15.3. The van der Waals surface area contributed by atoms with Crippen molar-refractivity contribution in [1.29, 1.82) is 5.26 Å². The molecule has 0 heterocycles. The van der Waals surface area contributed by atoms with Crippen LogP contribution in [0.1, 0.15) is 43.7 Å². The molecule has 0 radical (unpaired) electrons. The Kier molecular flexibility index (Phi) is 3.83. The molecule has 0 spiro atoms. The van der Waals surface area contributed by atoms with Gasteiger partial charge in [-0.1, -0.05) is 25.1 Å². The zero-order valence-corrected chi connectivity index (χ0v) is 15.3. The fourth-order valence-corrected chi connectivity index (χ4v) is 6.09. The Morgan fingerprint density at radius 2 is 2.19 bits per heavy atom. The Balaban J connectivity index is 1.91. The van der Waals surface area contributed by atoms with E-state index in [9.17, 15) is 15.4 Å². The van der Waals surface area contributed by atoms with E-state index in [1.54, 1.807) is 7.11 Å². The molecule has 0 unspecified atom stereocenters. The predicted octanol–water partition coefficient (Wildman–Crippen LogP) is 4.04. The van der Waals surface area contributed by atoms with Gasteiger partial charge in [0.15, 0.2) is 0 Å². The van der Waals surface area contributed by atoms with Crippen LogP contribution in [-0.2, 0) is 11.8 Å². The first-order valence-corrected chi connectivity index (χ1v) is 9.33. The minimum atomic E-state index is -0.784. The number of ether oxygens (including phenoxy) is 1. The first-order valence-electron chi connectivity index (χ1n) is 9.33. The van der Waals surface area contributed by atoms with Gasteiger partial charge in [0.25, 0.3) is 0 Å². The monoisotopic (exact) mass is 352 g/mol. The van der Waals surface area contributed by atoms with E-state index in [4.69, 9.17) is 4.74 Å². The first-order chi connectivity index (χ1) is 12.5. The molecule has 0 saturated heterocycles. The molecule has 0 N–H and O–H groups in total. The van der Waals surface area contributed by atoms with Gasteiger partial charge in [0.05, 0.1) is 18.6 Å². The number of allylic oxidation sites excluding steroid dienone is 2. The molecule has 26 heavy (non-hydrogen) atoms. The molecule has 1 saturated carbocycles. The third-order valence-electron chi connectivity index (χ3n) is 7.31. The zero-order chi connectivity index (χ0) is 18.5. The van der Waals surface area contributed by atoms with Crippen LogP contribution in [0.3, 0.4) is 0 Å². The molecule has 0 aliphatic heterocycles. The summed E-state index contributed by atoms with van der Waals surface area (Å²) in [5, 5.41) is 22.3. The van der Waals surface area contributed by atoms with Gasteiger partial charge in [0.2, 0.25) is 6.04 Å². The second kappa shape index (κ2) is 5.84. The van der Waals surface area contributed by atoms with Gasteiger partial charge in [0.1, 0.15) is 5.75 Å². The average Bonchev–Trinajstić information content (AvgIpc) is 2.65. The highest BCUT2D eigenvalue weighted by Crippen LogP contribution is 2.62. The number of nitriles is 1. The lowest BCUT2D eigenvalue weighted by molar-refractivity contribution is -0.544. The van der Waals surface area contributed by atoms with Crippen LogP contribution in [0.2, 0.25) is 0 Å². The van der Waals surface area contributed by atoms with E-state index in [2.05, 4.69) is 25.1 Å². The summed E-state index contributed by atoms with van der Waals surface area (Å²) in [7, 11) is 1.64. The number of hydrogen-bond acceptors (Lipinski definition) is 4. The van der Waals surface area contributed by atoms with E-state index in [-0.39, 0.29) is 22.2 Å². The summed E-state index contributed by atoms with van der Waals surface area (Å²) in [6.07, 6.45) is 7.93. The number of hydrogen-bond donors (Lipinski definition) is 0. The highest BCUT2D eigenvalue weighted by molar-refractivity contribution is 5.48. The van der Waals surface area contributed by atoms with Crippen LogP contribution in [-0.4, -0.2) is 18.1 Å². The number of nitro groups is 1. The molecule has 5 nitrogen and oxygen atoms in total. The van der Waals surface area contributed by atoms with Crippen molar-refractivity contribution < 1.29 is 9.66 Å². The van der Waals surface area contributed by atoms with E-state index in [1.807, 2.05) is 18.2 Å². The van der Waals surface area contributed by atoms with Crippen molar-refractivity contribution in [2.75, 3.05) is 7.11 Å². The van der Waals surface area contributed by atoms with E-state index in [1.165, 1.54) is 0 Å². The van der Waals surface area contributed by atoms with Crippen molar-refractivity contribution in [3.05, 3.63) is 51.6 Å². The lowest BCUT2D eigenvalue weighted by atomic mass is 9.43. The van der Waals surface area contributed by atoms with Gasteiger partial charge in [-0.25, -0.2) is 0 Å². The molecule has 5 atom stereocenters. The van der Waals surface area contributed by atoms with Crippen molar-refractivity contribution in [3.8, 4) is 11.8 Å². The maximum atomic E-state index is 11.9. The van der Waals surface area contributed by atoms with Crippen molar-refractivity contribution in [2.45, 2.75) is 50.5 Å². The molecule has 0 bridgehead atoms. The van der Waals surface area contributed by atoms with Crippen molar-refractivity contribution in [3.63, 3.8) is 0 Å². The molecule has 1 aromatic rings. The summed E-state index contributed by atoms with van der Waals surface area (Å²) in [6, 6.07) is 7.78. The van der Waals surface area contributed by atoms with Gasteiger partial charge in [-0.2, -0.15) is 5.26 Å². The molecule has 4 rings (SSSR count). The van der Waals surface area contributed by atoms with Gasteiger partial charge in [-0.15, -0.1) is 0 Å². The van der Waals surface area contributed by atoms with E-state index in [0.29, 0.717) is 6.42 Å². The Labute approximate surface area is 153 Å². The highest BCUT2D eigenvalue weighted by atomic mass is 16.6. The van der Waals surface area contributed by atoms with Crippen molar-refractivity contribution in [2.24, 2.45) is 17.3 Å². The maximum Gasteiger partial charge on any atom is 0.218 e. The van der Waals surface area contributed by atoms with Crippen molar-refractivity contribution >= 4 is 0 Å². The van der Waals surface area contributed by atoms with Crippen LogP contribution in [0, 0.1) is 38.7 Å². The Morgan fingerprint density at radius 1 is 1.38 bits per heavy atom. The van der Waals surface area contributed by atoms with Crippen LogP contribution in [0.4, 0.5) is 0 Å². The SMILES string of the molecule is COc1ccc2c(c1)CC[C@@H]1[C@@]3(C)CC=CC[C@@H]3[C@@H]([N+](=O)[O-])C[C@]21C#N. The van der Waals surface area contributed by atoms with Crippen molar-refractivity contribution in [1.82, 2.24) is 0 Å². The quantitative estimate of drug-likeness (QED) is 0.457. The van der Waals surface area contributed by atoms with E-state index in [0.717, 1.165) is 42.6 Å².